The molecule has 0 unspecified atom stereocenters. The molecule has 0 spiro atoms. The first-order valence-corrected chi connectivity index (χ1v) is 7.44. The van der Waals surface area contributed by atoms with Crippen LogP contribution in [0.3, 0.4) is 0 Å². The summed E-state index contributed by atoms with van der Waals surface area (Å²) in [6.07, 6.45) is 3.35. The fraction of sp³-hybridized carbons (Fsp3) is 0.0526. The smallest absolute Gasteiger partial charge is 0.337 e. The van der Waals surface area contributed by atoms with Gasteiger partial charge in [0.05, 0.1) is 18.4 Å². The largest absolute Gasteiger partial charge is 0.465 e. The highest BCUT2D eigenvalue weighted by molar-refractivity contribution is 5.90. The van der Waals surface area contributed by atoms with Crippen molar-refractivity contribution in [3.05, 3.63) is 66.0 Å². The van der Waals surface area contributed by atoms with Gasteiger partial charge in [0.1, 0.15) is 17.5 Å². The second-order valence-corrected chi connectivity index (χ2v) is 5.24. The molecule has 6 heteroatoms. The monoisotopic (exact) mass is 330 g/mol. The minimum absolute atomic E-state index is 0.149. The van der Waals surface area contributed by atoms with Gasteiger partial charge in [0.2, 0.25) is 0 Å². The van der Waals surface area contributed by atoms with E-state index in [1.807, 2.05) is 6.07 Å². The van der Waals surface area contributed by atoms with Gasteiger partial charge in [-0.15, -0.1) is 0 Å². The third-order valence-corrected chi connectivity index (χ3v) is 3.73. The first kappa shape index (κ1) is 16.1. The van der Waals surface area contributed by atoms with Crippen LogP contribution in [0.1, 0.15) is 15.9 Å². The van der Waals surface area contributed by atoms with Gasteiger partial charge in [0, 0.05) is 23.5 Å². The van der Waals surface area contributed by atoms with Crippen molar-refractivity contribution >= 4 is 11.8 Å². The van der Waals surface area contributed by atoms with Crippen molar-refractivity contribution in [2.24, 2.45) is 0 Å². The molecule has 0 amide bonds. The fourth-order valence-electron chi connectivity index (χ4n) is 2.48. The Kier molecular flexibility index (Phi) is 4.40. The summed E-state index contributed by atoms with van der Waals surface area (Å²) in [7, 11) is 1.33. The number of hydrogen-bond acceptors (Lipinski definition) is 6. The topological polar surface area (TPSA) is 102 Å². The summed E-state index contributed by atoms with van der Waals surface area (Å²) >= 11 is 0. The molecule has 0 saturated carbocycles. The van der Waals surface area contributed by atoms with Gasteiger partial charge >= 0.3 is 5.97 Å². The van der Waals surface area contributed by atoms with Gasteiger partial charge in [-0.3, -0.25) is 4.98 Å². The molecule has 25 heavy (non-hydrogen) atoms. The Morgan fingerprint density at radius 1 is 1.20 bits per heavy atom. The van der Waals surface area contributed by atoms with E-state index in [4.69, 9.17) is 10.5 Å². The molecule has 0 aliphatic heterocycles. The van der Waals surface area contributed by atoms with Crippen molar-refractivity contribution in [2.45, 2.75) is 0 Å². The zero-order chi connectivity index (χ0) is 17.8. The Labute approximate surface area is 144 Å². The lowest BCUT2D eigenvalue weighted by Crippen LogP contribution is -2.02. The van der Waals surface area contributed by atoms with Gasteiger partial charge in [-0.25, -0.2) is 9.78 Å². The molecule has 3 rings (SSSR count). The van der Waals surface area contributed by atoms with E-state index in [0.29, 0.717) is 22.4 Å². The van der Waals surface area contributed by atoms with Crippen molar-refractivity contribution in [1.29, 1.82) is 5.26 Å². The Balaban J connectivity index is 2.13. The molecule has 3 aromatic rings. The number of ether oxygens (including phenoxy) is 1. The number of methoxy groups -OCH3 is 1. The second kappa shape index (κ2) is 6.81. The minimum atomic E-state index is -0.419. The number of anilines is 1. The Hall–Kier alpha value is -3.72. The van der Waals surface area contributed by atoms with Gasteiger partial charge in [0.25, 0.3) is 0 Å². The van der Waals surface area contributed by atoms with Crippen LogP contribution in [0.25, 0.3) is 22.4 Å². The lowest BCUT2D eigenvalue weighted by Gasteiger charge is -2.10. The molecule has 0 aliphatic carbocycles. The van der Waals surface area contributed by atoms with Crippen molar-refractivity contribution in [2.75, 3.05) is 12.8 Å². The molecular formula is C19H14N4O2. The third-order valence-electron chi connectivity index (χ3n) is 3.73. The minimum Gasteiger partial charge on any atom is -0.465 e. The van der Waals surface area contributed by atoms with Crippen molar-refractivity contribution in [3.63, 3.8) is 0 Å². The van der Waals surface area contributed by atoms with Crippen LogP contribution in [-0.4, -0.2) is 23.0 Å². The van der Waals surface area contributed by atoms with E-state index in [1.165, 1.54) is 7.11 Å². The van der Waals surface area contributed by atoms with E-state index >= 15 is 0 Å². The van der Waals surface area contributed by atoms with Gasteiger partial charge in [0.15, 0.2) is 0 Å². The van der Waals surface area contributed by atoms with E-state index in [1.54, 1.807) is 48.8 Å². The van der Waals surface area contributed by atoms with Gasteiger partial charge in [-0.1, -0.05) is 12.1 Å². The molecule has 6 nitrogen and oxygen atoms in total. The highest BCUT2D eigenvalue weighted by Gasteiger charge is 2.14. The average Bonchev–Trinajstić information content (AvgIpc) is 2.67. The van der Waals surface area contributed by atoms with E-state index in [2.05, 4.69) is 16.0 Å². The van der Waals surface area contributed by atoms with Crippen LogP contribution < -0.4 is 5.73 Å². The number of nitrogens with two attached hydrogens (primary N) is 1. The molecule has 0 saturated heterocycles. The Morgan fingerprint density at radius 3 is 2.56 bits per heavy atom. The third kappa shape index (κ3) is 3.16. The van der Waals surface area contributed by atoms with Gasteiger partial charge in [-0.2, -0.15) is 5.26 Å². The van der Waals surface area contributed by atoms with E-state index in [-0.39, 0.29) is 5.82 Å². The number of nitrogens with zero attached hydrogens (tertiary/aromatic N) is 3. The van der Waals surface area contributed by atoms with Crippen LogP contribution in [0.5, 0.6) is 0 Å². The highest BCUT2D eigenvalue weighted by Crippen LogP contribution is 2.31. The summed E-state index contributed by atoms with van der Waals surface area (Å²) in [5.74, 6) is -0.270. The van der Waals surface area contributed by atoms with E-state index in [0.717, 1.165) is 11.1 Å². The van der Waals surface area contributed by atoms with Gasteiger partial charge in [-0.05, 0) is 35.9 Å². The van der Waals surface area contributed by atoms with E-state index in [9.17, 15) is 10.1 Å². The molecule has 0 atom stereocenters. The molecule has 2 aromatic heterocycles. The lowest BCUT2D eigenvalue weighted by molar-refractivity contribution is 0.0601. The summed E-state index contributed by atoms with van der Waals surface area (Å²) in [5.41, 5.74) is 9.52. The maximum Gasteiger partial charge on any atom is 0.337 e. The van der Waals surface area contributed by atoms with Crippen LogP contribution in [0.15, 0.2) is 54.9 Å². The Morgan fingerprint density at radius 2 is 1.96 bits per heavy atom. The van der Waals surface area contributed by atoms with Crippen molar-refractivity contribution < 1.29 is 9.53 Å². The summed E-state index contributed by atoms with van der Waals surface area (Å²) in [4.78, 5) is 19.9. The zero-order valence-electron chi connectivity index (χ0n) is 13.4. The quantitative estimate of drug-likeness (QED) is 0.741. The van der Waals surface area contributed by atoms with Gasteiger partial charge < -0.3 is 10.5 Å². The summed E-state index contributed by atoms with van der Waals surface area (Å²) in [6, 6.07) is 14.3. The summed E-state index contributed by atoms with van der Waals surface area (Å²) < 4.78 is 4.69. The van der Waals surface area contributed by atoms with Crippen LogP contribution in [0, 0.1) is 11.3 Å². The highest BCUT2D eigenvalue weighted by atomic mass is 16.5. The van der Waals surface area contributed by atoms with Crippen LogP contribution in [0.2, 0.25) is 0 Å². The van der Waals surface area contributed by atoms with E-state index < -0.39 is 5.97 Å². The standard InChI is InChI=1S/C19H14N4O2/c1-25-19(24)13-6-4-12(5-7-13)15-9-17(14-3-2-8-22-11-14)23-18(21)16(15)10-20/h2-9,11H,1H3,(H2,21,23). The molecule has 0 fully saturated rings. The molecule has 122 valence electrons. The maximum absolute atomic E-state index is 11.6. The number of pyridine rings is 2. The number of benzene rings is 1. The lowest BCUT2D eigenvalue weighted by atomic mass is 9.98. The number of nitriles is 1. The number of hydrogen-bond donors (Lipinski definition) is 1. The Bertz CT molecular complexity index is 961. The normalized spacial score (nSPS) is 10.1. The number of carbonyl (C=O) groups is 1. The molecule has 0 bridgehead atoms. The predicted molar refractivity (Wildman–Crippen MR) is 93.4 cm³/mol. The predicted octanol–water partition coefficient (Wildman–Crippen LogP) is 3.05. The molecule has 0 radical (unpaired) electrons. The maximum atomic E-state index is 11.6. The van der Waals surface area contributed by atoms with Crippen LogP contribution in [-0.2, 0) is 4.74 Å². The van der Waals surface area contributed by atoms with Crippen molar-refractivity contribution in [3.8, 4) is 28.5 Å². The number of esters is 1. The molecule has 0 aliphatic rings. The molecule has 2 N–H and O–H groups in total. The van der Waals surface area contributed by atoms with Crippen LogP contribution >= 0.6 is 0 Å². The first-order valence-electron chi connectivity index (χ1n) is 7.44. The fourth-order valence-corrected chi connectivity index (χ4v) is 2.48. The molecule has 2 heterocycles. The number of carbonyl (C=O) groups excluding carboxylic acids is 1. The van der Waals surface area contributed by atoms with Crippen molar-refractivity contribution in [1.82, 2.24) is 9.97 Å². The first-order chi connectivity index (χ1) is 12.1. The average molecular weight is 330 g/mol. The second-order valence-electron chi connectivity index (χ2n) is 5.24. The number of rotatable bonds is 3. The molecular weight excluding hydrogens is 316 g/mol. The zero-order valence-corrected chi connectivity index (χ0v) is 13.4. The number of nitrogen functional groups attached to an aromatic ring is 1. The molecule has 1 aromatic carbocycles. The SMILES string of the molecule is COC(=O)c1ccc(-c2cc(-c3cccnc3)nc(N)c2C#N)cc1. The number of aromatic nitrogens is 2. The van der Waals surface area contributed by atoms with Crippen LogP contribution in [0.4, 0.5) is 5.82 Å². The summed E-state index contributed by atoms with van der Waals surface area (Å²) in [5, 5.41) is 9.45. The summed E-state index contributed by atoms with van der Waals surface area (Å²) in [6.45, 7) is 0.